The molecule has 0 bridgehead atoms. The number of primary amides is 1. The fourth-order valence-electron chi connectivity index (χ4n) is 2.29. The van der Waals surface area contributed by atoms with E-state index in [4.69, 9.17) is 5.73 Å². The van der Waals surface area contributed by atoms with E-state index in [1.54, 1.807) is 18.3 Å². The molecule has 1 saturated carbocycles. The summed E-state index contributed by atoms with van der Waals surface area (Å²) in [6.45, 7) is 0. The number of carbonyl (C=O) groups is 1. The lowest BCUT2D eigenvalue weighted by atomic mass is 9.94. The van der Waals surface area contributed by atoms with Crippen LogP contribution in [0.25, 0.3) is 10.9 Å². The van der Waals surface area contributed by atoms with Crippen LogP contribution in [0, 0.1) is 5.82 Å². The largest absolute Gasteiger partial charge is 0.369 e. The second kappa shape index (κ2) is 2.84. The van der Waals surface area contributed by atoms with Gasteiger partial charge in [0.15, 0.2) is 0 Å². The highest BCUT2D eigenvalue weighted by atomic mass is 19.1. The normalized spacial score (nSPS) is 17.6. The summed E-state index contributed by atoms with van der Waals surface area (Å²) in [4.78, 5) is 14.4. The topological polar surface area (TPSA) is 58.9 Å². The van der Waals surface area contributed by atoms with Gasteiger partial charge in [-0.05, 0) is 30.5 Å². The first kappa shape index (κ1) is 9.39. The summed E-state index contributed by atoms with van der Waals surface area (Å²) in [7, 11) is 0. The molecule has 1 amide bonds. The van der Waals surface area contributed by atoms with Gasteiger partial charge in [0, 0.05) is 17.1 Å². The van der Waals surface area contributed by atoms with Crippen LogP contribution in [0.4, 0.5) is 4.39 Å². The Balaban J connectivity index is 2.29. The number of amides is 1. The molecule has 0 atom stereocenters. The quantitative estimate of drug-likeness (QED) is 0.793. The number of aromatic amines is 1. The average molecular weight is 218 g/mol. The minimum absolute atomic E-state index is 0.304. The van der Waals surface area contributed by atoms with Crippen molar-refractivity contribution < 1.29 is 9.18 Å². The highest BCUT2D eigenvalue weighted by molar-refractivity contribution is 5.96. The van der Waals surface area contributed by atoms with Gasteiger partial charge in [-0.15, -0.1) is 0 Å². The maximum atomic E-state index is 13.7. The summed E-state index contributed by atoms with van der Waals surface area (Å²) < 4.78 is 13.7. The van der Waals surface area contributed by atoms with E-state index in [0.717, 1.165) is 0 Å². The maximum Gasteiger partial charge on any atom is 0.228 e. The van der Waals surface area contributed by atoms with Gasteiger partial charge in [0.2, 0.25) is 5.91 Å². The van der Waals surface area contributed by atoms with E-state index >= 15 is 0 Å². The molecule has 1 aromatic heterocycles. The first-order valence-corrected chi connectivity index (χ1v) is 5.21. The number of carbonyl (C=O) groups excluding carboxylic acids is 1. The summed E-state index contributed by atoms with van der Waals surface area (Å²) in [5.41, 5.74) is 6.16. The Labute approximate surface area is 91.4 Å². The Hall–Kier alpha value is -1.84. The molecule has 2 aromatic rings. The van der Waals surface area contributed by atoms with Crippen molar-refractivity contribution in [3.05, 3.63) is 35.8 Å². The summed E-state index contributed by atoms with van der Waals surface area (Å²) in [6.07, 6.45) is 3.12. The molecule has 3 rings (SSSR count). The van der Waals surface area contributed by atoms with Crippen LogP contribution >= 0.6 is 0 Å². The summed E-state index contributed by atoms with van der Waals surface area (Å²) in [6, 6.07) is 4.83. The Morgan fingerprint density at radius 2 is 2.19 bits per heavy atom. The molecular formula is C12H11FN2O. The molecule has 1 aromatic carbocycles. The number of nitrogens with two attached hydrogens (primary N) is 1. The molecule has 0 saturated heterocycles. The van der Waals surface area contributed by atoms with Gasteiger partial charge in [-0.2, -0.15) is 0 Å². The standard InChI is InChI=1S/C12H11FN2O/c13-8-2-1-3-9-10(8)7(6-15-9)12(4-5-12)11(14)16/h1-3,6,15H,4-5H2,(H2,14,16). The second-order valence-corrected chi connectivity index (χ2v) is 4.31. The first-order valence-electron chi connectivity index (χ1n) is 5.21. The van der Waals surface area contributed by atoms with Gasteiger partial charge in [0.05, 0.1) is 5.41 Å². The lowest BCUT2D eigenvalue weighted by Crippen LogP contribution is -2.28. The van der Waals surface area contributed by atoms with Crippen molar-refractivity contribution in [3.8, 4) is 0 Å². The Kier molecular flexibility index (Phi) is 1.67. The SMILES string of the molecule is NC(=O)C1(c2c[nH]c3cccc(F)c23)CC1. The molecule has 1 aliphatic carbocycles. The molecule has 3 N–H and O–H groups in total. The number of hydrogen-bond donors (Lipinski definition) is 2. The molecule has 0 radical (unpaired) electrons. The first-order chi connectivity index (χ1) is 7.65. The fraction of sp³-hybridized carbons (Fsp3) is 0.250. The van der Waals surface area contributed by atoms with Crippen molar-refractivity contribution in [1.29, 1.82) is 0 Å². The third-order valence-corrected chi connectivity index (χ3v) is 3.39. The molecule has 16 heavy (non-hydrogen) atoms. The average Bonchev–Trinajstić information content (AvgIpc) is 2.94. The van der Waals surface area contributed by atoms with Crippen molar-refractivity contribution in [2.75, 3.05) is 0 Å². The van der Waals surface area contributed by atoms with Crippen molar-refractivity contribution in [3.63, 3.8) is 0 Å². The van der Waals surface area contributed by atoms with E-state index in [1.807, 2.05) is 0 Å². The van der Waals surface area contributed by atoms with Crippen LogP contribution in [-0.4, -0.2) is 10.9 Å². The predicted octanol–water partition coefficient (Wildman–Crippen LogP) is 1.82. The highest BCUT2D eigenvalue weighted by Gasteiger charge is 2.51. The van der Waals surface area contributed by atoms with Gasteiger partial charge in [-0.3, -0.25) is 4.79 Å². The molecular weight excluding hydrogens is 207 g/mol. The van der Waals surface area contributed by atoms with E-state index in [1.165, 1.54) is 6.07 Å². The Morgan fingerprint density at radius 1 is 1.44 bits per heavy atom. The molecule has 0 unspecified atom stereocenters. The van der Waals surface area contributed by atoms with Crippen LogP contribution in [0.2, 0.25) is 0 Å². The number of halogens is 1. The highest BCUT2D eigenvalue weighted by Crippen LogP contribution is 2.50. The van der Waals surface area contributed by atoms with Gasteiger partial charge < -0.3 is 10.7 Å². The van der Waals surface area contributed by atoms with Gasteiger partial charge in [0.25, 0.3) is 0 Å². The number of rotatable bonds is 2. The fourth-order valence-corrected chi connectivity index (χ4v) is 2.29. The molecule has 0 aliphatic heterocycles. The zero-order valence-corrected chi connectivity index (χ0v) is 8.59. The third kappa shape index (κ3) is 1.04. The van der Waals surface area contributed by atoms with Crippen molar-refractivity contribution in [1.82, 2.24) is 4.98 Å². The molecule has 4 heteroatoms. The number of benzene rings is 1. The number of hydrogen-bond acceptors (Lipinski definition) is 1. The molecule has 3 nitrogen and oxygen atoms in total. The van der Waals surface area contributed by atoms with E-state index < -0.39 is 5.41 Å². The van der Waals surface area contributed by atoms with E-state index in [0.29, 0.717) is 29.3 Å². The second-order valence-electron chi connectivity index (χ2n) is 4.31. The van der Waals surface area contributed by atoms with Crippen LogP contribution in [-0.2, 0) is 10.2 Å². The van der Waals surface area contributed by atoms with Crippen molar-refractivity contribution in [2.45, 2.75) is 18.3 Å². The minimum Gasteiger partial charge on any atom is -0.369 e. The van der Waals surface area contributed by atoms with Gasteiger partial charge in [-0.25, -0.2) is 4.39 Å². The molecule has 1 fully saturated rings. The monoisotopic (exact) mass is 218 g/mol. The summed E-state index contributed by atoms with van der Waals surface area (Å²) >= 11 is 0. The van der Waals surface area contributed by atoms with E-state index in [9.17, 15) is 9.18 Å². The summed E-state index contributed by atoms with van der Waals surface area (Å²) in [5.74, 6) is -0.669. The lowest BCUT2D eigenvalue weighted by molar-refractivity contribution is -0.120. The van der Waals surface area contributed by atoms with Crippen LogP contribution < -0.4 is 5.73 Å². The smallest absolute Gasteiger partial charge is 0.228 e. The lowest BCUT2D eigenvalue weighted by Gasteiger charge is -2.09. The Bertz CT molecular complexity index is 584. The van der Waals surface area contributed by atoms with Crippen LogP contribution in [0.3, 0.4) is 0 Å². The Morgan fingerprint density at radius 3 is 2.81 bits per heavy atom. The van der Waals surface area contributed by atoms with Gasteiger partial charge in [-0.1, -0.05) is 6.07 Å². The third-order valence-electron chi connectivity index (χ3n) is 3.39. The number of H-pyrrole nitrogens is 1. The zero-order chi connectivity index (χ0) is 11.3. The predicted molar refractivity (Wildman–Crippen MR) is 58.4 cm³/mol. The van der Waals surface area contributed by atoms with Crippen molar-refractivity contribution in [2.24, 2.45) is 5.73 Å². The van der Waals surface area contributed by atoms with Crippen LogP contribution in [0.5, 0.6) is 0 Å². The van der Waals surface area contributed by atoms with Gasteiger partial charge in [0.1, 0.15) is 5.82 Å². The van der Waals surface area contributed by atoms with E-state index in [-0.39, 0.29) is 11.7 Å². The minimum atomic E-state index is -0.638. The van der Waals surface area contributed by atoms with Crippen LogP contribution in [0.15, 0.2) is 24.4 Å². The van der Waals surface area contributed by atoms with Gasteiger partial charge >= 0.3 is 0 Å². The van der Waals surface area contributed by atoms with Crippen molar-refractivity contribution >= 4 is 16.8 Å². The van der Waals surface area contributed by atoms with Crippen LogP contribution in [0.1, 0.15) is 18.4 Å². The molecule has 82 valence electrons. The van der Waals surface area contributed by atoms with E-state index in [2.05, 4.69) is 4.98 Å². The number of fused-ring (bicyclic) bond motifs is 1. The maximum absolute atomic E-state index is 13.7. The molecule has 0 spiro atoms. The molecule has 1 heterocycles. The number of nitrogens with one attached hydrogen (secondary N) is 1. The zero-order valence-electron chi connectivity index (χ0n) is 8.59. The number of aromatic nitrogens is 1. The summed E-state index contributed by atoms with van der Waals surface area (Å²) in [5, 5.41) is 0.499. The molecule has 1 aliphatic rings.